The molecule has 3 heteroatoms. The third-order valence-corrected chi connectivity index (χ3v) is 4.27. The van der Waals surface area contributed by atoms with Crippen LogP contribution in [0.5, 0.6) is 0 Å². The summed E-state index contributed by atoms with van der Waals surface area (Å²) < 4.78 is 6.67. The van der Waals surface area contributed by atoms with E-state index in [-0.39, 0.29) is 6.10 Å². The summed E-state index contributed by atoms with van der Waals surface area (Å²) >= 11 is 3.51. The van der Waals surface area contributed by atoms with E-state index in [0.29, 0.717) is 6.42 Å². The van der Waals surface area contributed by atoms with Crippen LogP contribution in [0.15, 0.2) is 16.6 Å². The van der Waals surface area contributed by atoms with Crippen LogP contribution in [0.25, 0.3) is 0 Å². The number of hydrogen-bond acceptors (Lipinski definition) is 2. The van der Waals surface area contributed by atoms with Crippen molar-refractivity contribution >= 4 is 15.9 Å². The monoisotopic (exact) mass is 298 g/mol. The first-order chi connectivity index (χ1) is 8.08. The second kappa shape index (κ2) is 5.51. The van der Waals surface area contributed by atoms with Crippen molar-refractivity contribution in [3.05, 3.63) is 33.3 Å². The molecule has 1 aliphatic heterocycles. The maximum absolute atomic E-state index is 10.3. The number of hydrogen-bond donors (Lipinski definition) is 1. The molecule has 0 aromatic heterocycles. The second-order valence-electron chi connectivity index (χ2n) is 4.84. The first-order valence-corrected chi connectivity index (χ1v) is 6.93. The lowest BCUT2D eigenvalue weighted by Crippen LogP contribution is -2.12. The van der Waals surface area contributed by atoms with Crippen molar-refractivity contribution in [1.29, 1.82) is 0 Å². The Morgan fingerprint density at radius 2 is 2.18 bits per heavy atom. The topological polar surface area (TPSA) is 29.5 Å². The van der Waals surface area contributed by atoms with E-state index in [1.54, 1.807) is 0 Å². The van der Waals surface area contributed by atoms with Crippen molar-refractivity contribution in [1.82, 2.24) is 0 Å². The van der Waals surface area contributed by atoms with E-state index in [4.69, 9.17) is 4.74 Å². The van der Waals surface area contributed by atoms with E-state index >= 15 is 0 Å². The largest absolute Gasteiger partial charge is 0.388 e. The Kier molecular flexibility index (Phi) is 4.23. The van der Waals surface area contributed by atoms with Gasteiger partial charge in [0.05, 0.1) is 12.2 Å². The molecule has 0 spiro atoms. The van der Waals surface area contributed by atoms with Crippen molar-refractivity contribution in [3.63, 3.8) is 0 Å². The molecule has 2 unspecified atom stereocenters. The van der Waals surface area contributed by atoms with Crippen molar-refractivity contribution in [2.24, 2.45) is 0 Å². The Labute approximate surface area is 111 Å². The van der Waals surface area contributed by atoms with Crippen LogP contribution >= 0.6 is 15.9 Å². The van der Waals surface area contributed by atoms with Crippen LogP contribution in [0.1, 0.15) is 42.1 Å². The highest BCUT2D eigenvalue weighted by Gasteiger charge is 2.21. The molecule has 1 saturated heterocycles. The molecule has 0 aliphatic carbocycles. The van der Waals surface area contributed by atoms with Crippen molar-refractivity contribution < 1.29 is 9.84 Å². The fraction of sp³-hybridized carbons (Fsp3) is 0.571. The lowest BCUT2D eigenvalue weighted by atomic mass is 9.96. The first-order valence-electron chi connectivity index (χ1n) is 6.14. The summed E-state index contributed by atoms with van der Waals surface area (Å²) in [5, 5.41) is 10.3. The molecule has 1 N–H and O–H groups in total. The zero-order valence-corrected chi connectivity index (χ0v) is 12.0. The van der Waals surface area contributed by atoms with Gasteiger partial charge in [-0.05, 0) is 49.4 Å². The zero-order chi connectivity index (χ0) is 12.4. The van der Waals surface area contributed by atoms with Crippen LogP contribution in [0.2, 0.25) is 0 Å². The highest BCUT2D eigenvalue weighted by Crippen LogP contribution is 2.30. The Balaban J connectivity index is 2.12. The van der Waals surface area contributed by atoms with Crippen LogP contribution in [-0.2, 0) is 4.74 Å². The minimum Gasteiger partial charge on any atom is -0.388 e. The van der Waals surface area contributed by atoms with Crippen LogP contribution in [-0.4, -0.2) is 17.8 Å². The zero-order valence-electron chi connectivity index (χ0n) is 10.4. The SMILES string of the molecule is Cc1cc(C(O)CC2CCCO2)c(C)cc1Br. The van der Waals surface area contributed by atoms with E-state index in [1.165, 1.54) is 0 Å². The summed E-state index contributed by atoms with van der Waals surface area (Å²) in [6.07, 6.45) is 2.72. The third-order valence-electron chi connectivity index (χ3n) is 3.42. The third kappa shape index (κ3) is 3.09. The van der Waals surface area contributed by atoms with E-state index in [2.05, 4.69) is 28.1 Å². The molecule has 0 radical (unpaired) electrons. The van der Waals surface area contributed by atoms with Gasteiger partial charge in [-0.25, -0.2) is 0 Å². The van der Waals surface area contributed by atoms with Crippen LogP contribution < -0.4 is 0 Å². The number of ether oxygens (including phenoxy) is 1. The maximum atomic E-state index is 10.3. The molecular formula is C14H19BrO2. The average molecular weight is 299 g/mol. The number of aryl methyl sites for hydroxylation is 2. The van der Waals surface area contributed by atoms with Crippen molar-refractivity contribution in [3.8, 4) is 0 Å². The normalized spacial score (nSPS) is 21.8. The molecule has 2 nitrogen and oxygen atoms in total. The quantitative estimate of drug-likeness (QED) is 0.923. The molecule has 17 heavy (non-hydrogen) atoms. The summed E-state index contributed by atoms with van der Waals surface area (Å²) in [6, 6.07) is 4.14. The lowest BCUT2D eigenvalue weighted by molar-refractivity contribution is 0.0532. The fourth-order valence-electron chi connectivity index (χ4n) is 2.37. The van der Waals surface area contributed by atoms with Gasteiger partial charge in [0.2, 0.25) is 0 Å². The standard InChI is InChI=1S/C14H19BrO2/c1-9-7-13(15)10(2)6-12(9)14(16)8-11-4-3-5-17-11/h6-7,11,14,16H,3-5,8H2,1-2H3. The molecule has 2 rings (SSSR count). The predicted molar refractivity (Wildman–Crippen MR) is 72.2 cm³/mol. The summed E-state index contributed by atoms with van der Waals surface area (Å²) in [7, 11) is 0. The van der Waals surface area contributed by atoms with Gasteiger partial charge in [-0.15, -0.1) is 0 Å². The van der Waals surface area contributed by atoms with Gasteiger partial charge in [0.15, 0.2) is 0 Å². The molecule has 1 aliphatic rings. The Morgan fingerprint density at radius 3 is 2.82 bits per heavy atom. The molecule has 0 amide bonds. The molecule has 0 bridgehead atoms. The molecular weight excluding hydrogens is 280 g/mol. The van der Waals surface area contributed by atoms with Crippen LogP contribution in [0, 0.1) is 13.8 Å². The minimum absolute atomic E-state index is 0.230. The van der Waals surface area contributed by atoms with E-state index in [1.807, 2.05) is 13.8 Å². The number of benzene rings is 1. The van der Waals surface area contributed by atoms with Gasteiger partial charge in [-0.2, -0.15) is 0 Å². The van der Waals surface area contributed by atoms with Gasteiger partial charge in [0, 0.05) is 17.5 Å². The lowest BCUT2D eigenvalue weighted by Gasteiger charge is -2.18. The average Bonchev–Trinajstić information content (AvgIpc) is 2.76. The van der Waals surface area contributed by atoms with E-state index in [9.17, 15) is 5.11 Å². The Bertz CT molecular complexity index is 397. The molecule has 2 atom stereocenters. The Morgan fingerprint density at radius 1 is 1.41 bits per heavy atom. The van der Waals surface area contributed by atoms with Gasteiger partial charge >= 0.3 is 0 Å². The smallest absolute Gasteiger partial charge is 0.0817 e. The summed E-state index contributed by atoms with van der Waals surface area (Å²) in [5.41, 5.74) is 3.33. The van der Waals surface area contributed by atoms with Crippen LogP contribution in [0.3, 0.4) is 0 Å². The minimum atomic E-state index is -0.412. The van der Waals surface area contributed by atoms with Gasteiger partial charge in [-0.3, -0.25) is 0 Å². The Hall–Kier alpha value is -0.380. The predicted octanol–water partition coefficient (Wildman–Crippen LogP) is 3.67. The van der Waals surface area contributed by atoms with Crippen LogP contribution in [0.4, 0.5) is 0 Å². The van der Waals surface area contributed by atoms with Gasteiger partial charge in [0.25, 0.3) is 0 Å². The van der Waals surface area contributed by atoms with E-state index < -0.39 is 6.10 Å². The molecule has 1 fully saturated rings. The number of halogens is 1. The first kappa shape index (κ1) is 13.1. The maximum Gasteiger partial charge on any atom is 0.0817 e. The van der Waals surface area contributed by atoms with Crippen molar-refractivity contribution in [2.75, 3.05) is 6.61 Å². The molecule has 1 aromatic carbocycles. The molecule has 0 saturated carbocycles. The summed E-state index contributed by atoms with van der Waals surface area (Å²) in [6.45, 7) is 4.93. The van der Waals surface area contributed by atoms with Crippen molar-refractivity contribution in [2.45, 2.75) is 45.3 Å². The molecule has 1 heterocycles. The highest BCUT2D eigenvalue weighted by atomic mass is 79.9. The van der Waals surface area contributed by atoms with E-state index in [0.717, 1.165) is 40.6 Å². The number of rotatable bonds is 3. The van der Waals surface area contributed by atoms with Gasteiger partial charge in [0.1, 0.15) is 0 Å². The number of aliphatic hydroxyl groups is 1. The highest BCUT2D eigenvalue weighted by molar-refractivity contribution is 9.10. The second-order valence-corrected chi connectivity index (χ2v) is 5.70. The molecule has 94 valence electrons. The molecule has 1 aromatic rings. The fourth-order valence-corrected chi connectivity index (χ4v) is 2.83. The summed E-state index contributed by atoms with van der Waals surface area (Å²) in [5.74, 6) is 0. The van der Waals surface area contributed by atoms with Gasteiger partial charge < -0.3 is 9.84 Å². The number of aliphatic hydroxyl groups excluding tert-OH is 1. The summed E-state index contributed by atoms with van der Waals surface area (Å²) in [4.78, 5) is 0. The van der Waals surface area contributed by atoms with Gasteiger partial charge in [-0.1, -0.05) is 22.0 Å².